The molecule has 0 spiro atoms. The van der Waals surface area contributed by atoms with Gasteiger partial charge in [-0.05, 0) is 67.4 Å². The van der Waals surface area contributed by atoms with Crippen LogP contribution in [0.2, 0.25) is 4.34 Å². The number of thiophene rings is 1. The molecular formula is C12H18BrClN2S. The van der Waals surface area contributed by atoms with E-state index in [1.807, 2.05) is 7.05 Å². The second-order valence-electron chi connectivity index (χ2n) is 4.61. The van der Waals surface area contributed by atoms with E-state index in [1.165, 1.54) is 30.8 Å². The third-order valence-electron chi connectivity index (χ3n) is 3.28. The zero-order valence-corrected chi connectivity index (χ0v) is 13.2. The highest BCUT2D eigenvalue weighted by atomic mass is 79.9. The van der Waals surface area contributed by atoms with Crippen molar-refractivity contribution in [3.63, 3.8) is 0 Å². The van der Waals surface area contributed by atoms with Crippen LogP contribution in [0.4, 0.5) is 0 Å². The molecule has 2 nitrogen and oxygen atoms in total. The highest BCUT2D eigenvalue weighted by Gasteiger charge is 2.19. The van der Waals surface area contributed by atoms with Crippen LogP contribution in [0.3, 0.4) is 0 Å². The van der Waals surface area contributed by atoms with Gasteiger partial charge in [0.25, 0.3) is 0 Å². The Balaban J connectivity index is 1.81. The number of hydrogen-bond acceptors (Lipinski definition) is 3. The Bertz CT molecular complexity index is 342. The van der Waals surface area contributed by atoms with Crippen molar-refractivity contribution in [2.75, 3.05) is 26.7 Å². The zero-order chi connectivity index (χ0) is 12.3. The van der Waals surface area contributed by atoms with Gasteiger partial charge < -0.3 is 5.32 Å². The fourth-order valence-electron chi connectivity index (χ4n) is 2.33. The summed E-state index contributed by atoms with van der Waals surface area (Å²) in [6, 6.07) is 2.15. The summed E-state index contributed by atoms with van der Waals surface area (Å²) in [7, 11) is 2.04. The Kier molecular flexibility index (Phi) is 5.30. The Hall–Kier alpha value is 0.390. The molecule has 0 saturated carbocycles. The number of hydrogen-bond donors (Lipinski definition) is 1. The Labute approximate surface area is 120 Å². The van der Waals surface area contributed by atoms with Crippen molar-refractivity contribution in [1.29, 1.82) is 0 Å². The fraction of sp³-hybridized carbons (Fsp3) is 0.667. The van der Waals surface area contributed by atoms with Crippen LogP contribution in [0.15, 0.2) is 10.5 Å². The molecule has 0 amide bonds. The normalized spacial score (nSPS) is 18.8. The van der Waals surface area contributed by atoms with Gasteiger partial charge in [0.05, 0.1) is 0 Å². The van der Waals surface area contributed by atoms with Gasteiger partial charge in [-0.2, -0.15) is 0 Å². The first-order valence-corrected chi connectivity index (χ1v) is 7.98. The van der Waals surface area contributed by atoms with Crippen molar-refractivity contribution < 1.29 is 0 Å². The minimum atomic E-state index is 0.856. The first kappa shape index (κ1) is 13.8. The van der Waals surface area contributed by atoms with Crippen molar-refractivity contribution >= 4 is 38.9 Å². The summed E-state index contributed by atoms with van der Waals surface area (Å²) in [5.74, 6) is 0.856. The summed E-state index contributed by atoms with van der Waals surface area (Å²) in [5.41, 5.74) is 0. The molecule has 0 bridgehead atoms. The molecule has 1 aromatic rings. The second kappa shape index (κ2) is 6.53. The fourth-order valence-corrected chi connectivity index (χ4v) is 4.16. The maximum absolute atomic E-state index is 6.06. The van der Waals surface area contributed by atoms with E-state index in [1.54, 1.807) is 11.3 Å². The van der Waals surface area contributed by atoms with E-state index in [9.17, 15) is 0 Å². The van der Waals surface area contributed by atoms with Crippen molar-refractivity contribution in [2.24, 2.45) is 5.92 Å². The van der Waals surface area contributed by atoms with Gasteiger partial charge in [-0.1, -0.05) is 11.6 Å². The van der Waals surface area contributed by atoms with Crippen LogP contribution >= 0.6 is 38.9 Å². The Morgan fingerprint density at radius 1 is 1.53 bits per heavy atom. The lowest BCUT2D eigenvalue weighted by molar-refractivity contribution is 0.178. The van der Waals surface area contributed by atoms with Gasteiger partial charge in [0, 0.05) is 15.9 Å². The molecule has 17 heavy (non-hydrogen) atoms. The molecule has 1 fully saturated rings. The largest absolute Gasteiger partial charge is 0.319 e. The molecule has 1 aromatic heterocycles. The van der Waals surface area contributed by atoms with Gasteiger partial charge in [-0.15, -0.1) is 11.3 Å². The number of piperidine rings is 1. The highest BCUT2D eigenvalue weighted by molar-refractivity contribution is 9.10. The molecule has 0 unspecified atom stereocenters. The molecule has 2 heterocycles. The Morgan fingerprint density at radius 3 is 2.76 bits per heavy atom. The monoisotopic (exact) mass is 336 g/mol. The van der Waals surface area contributed by atoms with E-state index in [4.69, 9.17) is 11.6 Å². The van der Waals surface area contributed by atoms with Crippen LogP contribution in [0.25, 0.3) is 0 Å². The summed E-state index contributed by atoms with van der Waals surface area (Å²) in [6.07, 6.45) is 2.61. The molecule has 0 radical (unpaired) electrons. The van der Waals surface area contributed by atoms with Gasteiger partial charge in [0.2, 0.25) is 0 Å². The van der Waals surface area contributed by atoms with Crippen LogP contribution in [0.5, 0.6) is 0 Å². The van der Waals surface area contributed by atoms with Crippen molar-refractivity contribution in [2.45, 2.75) is 19.4 Å². The quantitative estimate of drug-likeness (QED) is 0.903. The number of nitrogens with zero attached hydrogens (tertiary/aromatic N) is 1. The number of nitrogens with one attached hydrogen (secondary N) is 1. The van der Waals surface area contributed by atoms with E-state index in [2.05, 4.69) is 32.2 Å². The SMILES string of the molecule is CNCC1CCN(Cc2cc(Br)c(Cl)s2)CC1. The molecule has 2 rings (SSSR count). The van der Waals surface area contributed by atoms with E-state index in [0.29, 0.717) is 0 Å². The third kappa shape index (κ3) is 3.93. The molecule has 0 aliphatic carbocycles. The van der Waals surface area contributed by atoms with Gasteiger partial charge in [0.1, 0.15) is 4.34 Å². The van der Waals surface area contributed by atoms with Gasteiger partial charge in [-0.25, -0.2) is 0 Å². The van der Waals surface area contributed by atoms with Crippen molar-refractivity contribution in [1.82, 2.24) is 10.2 Å². The third-order valence-corrected chi connectivity index (χ3v) is 5.74. The molecule has 1 aliphatic rings. The lowest BCUT2D eigenvalue weighted by Crippen LogP contribution is -2.36. The molecule has 5 heteroatoms. The highest BCUT2D eigenvalue weighted by Crippen LogP contribution is 2.33. The van der Waals surface area contributed by atoms with E-state index in [-0.39, 0.29) is 0 Å². The standard InChI is InChI=1S/C12H18BrClN2S/c1-15-7-9-2-4-16(5-3-9)8-10-6-11(13)12(14)17-10/h6,9,15H,2-5,7-8H2,1H3. The summed E-state index contributed by atoms with van der Waals surface area (Å²) < 4.78 is 1.90. The predicted octanol–water partition coefficient (Wildman–Crippen LogP) is 3.60. The number of halogens is 2. The van der Waals surface area contributed by atoms with Crippen LogP contribution in [-0.4, -0.2) is 31.6 Å². The molecule has 1 N–H and O–H groups in total. The number of likely N-dealkylation sites (tertiary alicyclic amines) is 1. The molecule has 0 aromatic carbocycles. The average molecular weight is 338 g/mol. The van der Waals surface area contributed by atoms with Gasteiger partial charge >= 0.3 is 0 Å². The molecule has 96 valence electrons. The van der Waals surface area contributed by atoms with Crippen molar-refractivity contribution in [3.05, 3.63) is 19.8 Å². The van der Waals surface area contributed by atoms with Crippen molar-refractivity contribution in [3.8, 4) is 0 Å². The van der Waals surface area contributed by atoms with E-state index in [0.717, 1.165) is 27.8 Å². The minimum absolute atomic E-state index is 0.856. The van der Waals surface area contributed by atoms with E-state index >= 15 is 0 Å². The predicted molar refractivity (Wildman–Crippen MR) is 79.0 cm³/mol. The average Bonchev–Trinajstić information content (AvgIpc) is 2.61. The lowest BCUT2D eigenvalue weighted by Gasteiger charge is -2.31. The summed E-state index contributed by atoms with van der Waals surface area (Å²) in [5, 5.41) is 3.27. The molecule has 1 saturated heterocycles. The lowest BCUT2D eigenvalue weighted by atomic mass is 9.97. The molecule has 0 atom stereocenters. The maximum atomic E-state index is 6.06. The Morgan fingerprint density at radius 2 is 2.24 bits per heavy atom. The van der Waals surface area contributed by atoms with Gasteiger partial charge in [-0.3, -0.25) is 4.90 Å². The zero-order valence-electron chi connectivity index (χ0n) is 10.0. The second-order valence-corrected chi connectivity index (χ2v) is 7.20. The van der Waals surface area contributed by atoms with E-state index < -0.39 is 0 Å². The summed E-state index contributed by atoms with van der Waals surface area (Å²) in [4.78, 5) is 3.88. The topological polar surface area (TPSA) is 15.3 Å². The van der Waals surface area contributed by atoms with Crippen LogP contribution < -0.4 is 5.32 Å². The molecule has 1 aliphatic heterocycles. The summed E-state index contributed by atoms with van der Waals surface area (Å²) >= 11 is 11.2. The van der Waals surface area contributed by atoms with Crippen LogP contribution in [0.1, 0.15) is 17.7 Å². The number of rotatable bonds is 4. The first-order chi connectivity index (χ1) is 8.19. The van der Waals surface area contributed by atoms with Crippen LogP contribution in [-0.2, 0) is 6.54 Å². The van der Waals surface area contributed by atoms with Crippen LogP contribution in [0, 0.1) is 5.92 Å². The van der Waals surface area contributed by atoms with Gasteiger partial charge in [0.15, 0.2) is 0 Å². The summed E-state index contributed by atoms with van der Waals surface area (Å²) in [6.45, 7) is 4.62. The molecular weight excluding hydrogens is 320 g/mol. The maximum Gasteiger partial charge on any atom is 0.107 e. The first-order valence-electron chi connectivity index (χ1n) is 5.99. The minimum Gasteiger partial charge on any atom is -0.319 e. The smallest absolute Gasteiger partial charge is 0.107 e.